The fourth-order valence-corrected chi connectivity index (χ4v) is 7.29. The van der Waals surface area contributed by atoms with E-state index < -0.39 is 12.1 Å². The van der Waals surface area contributed by atoms with E-state index in [0.717, 1.165) is 25.7 Å². The number of amides is 1. The minimum atomic E-state index is -0.836. The summed E-state index contributed by atoms with van der Waals surface area (Å²) in [7, 11) is 0. The highest BCUT2D eigenvalue weighted by Crippen LogP contribution is 2.16. The van der Waals surface area contributed by atoms with Crippen LogP contribution < -0.4 is 5.32 Å². The molecule has 308 valence electrons. The largest absolute Gasteiger partial charge is 0.394 e. The Bertz CT molecular complexity index is 750. The summed E-state index contributed by atoms with van der Waals surface area (Å²) in [5.74, 6) is -0.0615. The Morgan fingerprint density at radius 2 is 0.731 bits per heavy atom. The first-order valence-electron chi connectivity index (χ1n) is 23.6. The summed E-state index contributed by atoms with van der Waals surface area (Å²) in [6.45, 7) is 4.32. The minimum absolute atomic E-state index is 0.0615. The molecule has 0 fully saturated rings. The van der Waals surface area contributed by atoms with Gasteiger partial charge < -0.3 is 15.5 Å². The molecular weight excluding hydrogens is 639 g/mol. The van der Waals surface area contributed by atoms with E-state index in [9.17, 15) is 15.0 Å². The van der Waals surface area contributed by atoms with Gasteiger partial charge in [-0.1, -0.05) is 231 Å². The number of aliphatic hydroxyl groups is 2. The van der Waals surface area contributed by atoms with E-state index in [1.165, 1.54) is 212 Å². The molecule has 2 atom stereocenters. The van der Waals surface area contributed by atoms with Crippen molar-refractivity contribution in [1.29, 1.82) is 0 Å². The van der Waals surface area contributed by atoms with Crippen molar-refractivity contribution < 1.29 is 15.0 Å². The normalized spacial score (nSPS) is 13.1. The van der Waals surface area contributed by atoms with Crippen molar-refractivity contribution in [3.05, 3.63) is 24.3 Å². The van der Waals surface area contributed by atoms with E-state index in [1.807, 2.05) is 6.08 Å². The molecule has 0 spiro atoms. The first kappa shape index (κ1) is 50.9. The third-order valence-corrected chi connectivity index (χ3v) is 10.9. The molecule has 4 heteroatoms. The molecule has 0 aliphatic rings. The van der Waals surface area contributed by atoms with Crippen LogP contribution in [0.3, 0.4) is 0 Å². The molecule has 0 bridgehead atoms. The van der Waals surface area contributed by atoms with Gasteiger partial charge in [0.1, 0.15) is 0 Å². The number of rotatable bonds is 43. The van der Waals surface area contributed by atoms with E-state index >= 15 is 0 Å². The SMILES string of the molecule is CCCCCCCCCC/C=C\CCCCCCCCCCCCCCCC(=O)NC(CO)C(O)/C=C/CCCCCCCCCCCCCCC. The molecule has 0 aliphatic carbocycles. The lowest BCUT2D eigenvalue weighted by molar-refractivity contribution is -0.123. The maximum Gasteiger partial charge on any atom is 0.220 e. The number of hydrogen-bond donors (Lipinski definition) is 3. The van der Waals surface area contributed by atoms with Gasteiger partial charge in [-0.3, -0.25) is 4.79 Å². The van der Waals surface area contributed by atoms with Crippen LogP contribution in [0.2, 0.25) is 0 Å². The second-order valence-electron chi connectivity index (χ2n) is 16.2. The summed E-state index contributed by atoms with van der Waals surface area (Å²) in [4.78, 5) is 12.4. The standard InChI is InChI=1S/C48H93NO3/c1-3-5-7-9-11-13-15-17-19-20-21-22-23-24-25-26-27-28-30-32-34-36-38-40-42-44-48(52)49-46(45-50)47(51)43-41-39-37-35-33-31-29-18-16-14-12-10-8-6-4-2/h20-21,41,43,46-47,50-51H,3-19,22-40,42,44-45H2,1-2H3,(H,49,52)/b21-20-,43-41+. The van der Waals surface area contributed by atoms with Crippen LogP contribution in [0.1, 0.15) is 258 Å². The predicted molar refractivity (Wildman–Crippen MR) is 230 cm³/mol. The molecule has 0 aromatic carbocycles. The van der Waals surface area contributed by atoms with Crippen molar-refractivity contribution in [2.45, 2.75) is 270 Å². The molecule has 0 saturated heterocycles. The Kier molecular flexibility index (Phi) is 43.3. The minimum Gasteiger partial charge on any atom is -0.394 e. The molecule has 0 radical (unpaired) electrons. The van der Waals surface area contributed by atoms with Crippen LogP contribution >= 0.6 is 0 Å². The lowest BCUT2D eigenvalue weighted by Gasteiger charge is -2.20. The summed E-state index contributed by atoms with van der Waals surface area (Å²) in [5, 5.41) is 23.0. The molecule has 0 aliphatic heterocycles. The van der Waals surface area contributed by atoms with E-state index in [1.54, 1.807) is 6.08 Å². The van der Waals surface area contributed by atoms with E-state index in [-0.39, 0.29) is 12.5 Å². The van der Waals surface area contributed by atoms with Crippen LogP contribution in [-0.2, 0) is 4.79 Å². The maximum atomic E-state index is 12.4. The number of carbonyl (C=O) groups is 1. The zero-order valence-corrected chi connectivity index (χ0v) is 35.3. The fraction of sp³-hybridized carbons (Fsp3) is 0.896. The zero-order chi connectivity index (χ0) is 37.8. The molecular formula is C48H93NO3. The maximum absolute atomic E-state index is 12.4. The molecule has 0 aromatic heterocycles. The Morgan fingerprint density at radius 3 is 1.06 bits per heavy atom. The van der Waals surface area contributed by atoms with Crippen LogP contribution in [0.4, 0.5) is 0 Å². The molecule has 3 N–H and O–H groups in total. The first-order valence-corrected chi connectivity index (χ1v) is 23.6. The molecule has 0 saturated carbocycles. The number of allylic oxidation sites excluding steroid dienone is 3. The molecule has 4 nitrogen and oxygen atoms in total. The highest BCUT2D eigenvalue weighted by molar-refractivity contribution is 5.76. The first-order chi connectivity index (χ1) is 25.7. The zero-order valence-electron chi connectivity index (χ0n) is 35.3. The Morgan fingerprint density at radius 1 is 0.442 bits per heavy atom. The van der Waals surface area contributed by atoms with Gasteiger partial charge in [0.15, 0.2) is 0 Å². The van der Waals surface area contributed by atoms with Gasteiger partial charge in [0.05, 0.1) is 18.8 Å². The molecule has 0 rings (SSSR count). The fourth-order valence-electron chi connectivity index (χ4n) is 7.29. The van der Waals surface area contributed by atoms with Gasteiger partial charge in [0.25, 0.3) is 0 Å². The van der Waals surface area contributed by atoms with Crippen molar-refractivity contribution in [3.63, 3.8) is 0 Å². The van der Waals surface area contributed by atoms with Crippen LogP contribution in [-0.4, -0.2) is 34.9 Å². The molecule has 52 heavy (non-hydrogen) atoms. The Labute approximate surface area is 326 Å². The quantitative estimate of drug-likeness (QED) is 0.0432. The van der Waals surface area contributed by atoms with Gasteiger partial charge in [0, 0.05) is 6.42 Å². The summed E-state index contributed by atoms with van der Waals surface area (Å²) >= 11 is 0. The van der Waals surface area contributed by atoms with Crippen molar-refractivity contribution in [3.8, 4) is 0 Å². The van der Waals surface area contributed by atoms with Crippen LogP contribution in [0, 0.1) is 0 Å². The number of carbonyl (C=O) groups excluding carboxylic acids is 1. The van der Waals surface area contributed by atoms with Gasteiger partial charge in [-0.2, -0.15) is 0 Å². The third-order valence-electron chi connectivity index (χ3n) is 10.9. The van der Waals surface area contributed by atoms with Gasteiger partial charge >= 0.3 is 0 Å². The number of unbranched alkanes of at least 4 members (excludes halogenated alkanes) is 34. The summed E-state index contributed by atoms with van der Waals surface area (Å²) in [5.41, 5.74) is 0. The van der Waals surface area contributed by atoms with E-state index in [2.05, 4.69) is 31.3 Å². The molecule has 2 unspecified atom stereocenters. The highest BCUT2D eigenvalue weighted by atomic mass is 16.3. The average Bonchev–Trinajstić information content (AvgIpc) is 3.15. The Hall–Kier alpha value is -1.13. The number of nitrogens with one attached hydrogen (secondary N) is 1. The van der Waals surface area contributed by atoms with Crippen LogP contribution in [0.25, 0.3) is 0 Å². The van der Waals surface area contributed by atoms with Crippen LogP contribution in [0.15, 0.2) is 24.3 Å². The monoisotopic (exact) mass is 732 g/mol. The molecule has 0 aromatic rings. The Balaban J connectivity index is 3.50. The van der Waals surface area contributed by atoms with Gasteiger partial charge in [-0.15, -0.1) is 0 Å². The van der Waals surface area contributed by atoms with Gasteiger partial charge in [0.2, 0.25) is 5.91 Å². The molecule has 1 amide bonds. The van der Waals surface area contributed by atoms with E-state index in [0.29, 0.717) is 6.42 Å². The molecule has 0 heterocycles. The third kappa shape index (κ3) is 40.1. The van der Waals surface area contributed by atoms with E-state index in [4.69, 9.17) is 0 Å². The summed E-state index contributed by atoms with van der Waals surface area (Å²) in [6, 6.07) is -0.619. The van der Waals surface area contributed by atoms with Gasteiger partial charge in [-0.05, 0) is 44.9 Å². The van der Waals surface area contributed by atoms with Crippen molar-refractivity contribution in [2.24, 2.45) is 0 Å². The lowest BCUT2D eigenvalue weighted by Crippen LogP contribution is -2.45. The average molecular weight is 732 g/mol. The highest BCUT2D eigenvalue weighted by Gasteiger charge is 2.17. The van der Waals surface area contributed by atoms with Crippen molar-refractivity contribution >= 4 is 5.91 Å². The number of aliphatic hydroxyl groups excluding tert-OH is 2. The van der Waals surface area contributed by atoms with Crippen molar-refractivity contribution in [1.82, 2.24) is 5.32 Å². The van der Waals surface area contributed by atoms with Gasteiger partial charge in [-0.25, -0.2) is 0 Å². The summed E-state index contributed by atoms with van der Waals surface area (Å²) < 4.78 is 0. The van der Waals surface area contributed by atoms with Crippen molar-refractivity contribution in [2.75, 3.05) is 6.61 Å². The summed E-state index contributed by atoms with van der Waals surface area (Å²) in [6.07, 6.45) is 57.3. The lowest BCUT2D eigenvalue weighted by atomic mass is 10.0. The smallest absolute Gasteiger partial charge is 0.220 e. The second-order valence-corrected chi connectivity index (χ2v) is 16.2. The predicted octanol–water partition coefficient (Wildman–Crippen LogP) is 14.8. The van der Waals surface area contributed by atoms with Crippen LogP contribution in [0.5, 0.6) is 0 Å². The topological polar surface area (TPSA) is 69.6 Å². The second kappa shape index (κ2) is 44.3. The number of hydrogen-bond acceptors (Lipinski definition) is 3.